The predicted octanol–water partition coefficient (Wildman–Crippen LogP) is 3.72. The summed E-state index contributed by atoms with van der Waals surface area (Å²) in [6.07, 6.45) is 0. The molecule has 1 aromatic heterocycles. The molecule has 0 atom stereocenters. The van der Waals surface area contributed by atoms with Gasteiger partial charge in [-0.05, 0) is 31.0 Å². The van der Waals surface area contributed by atoms with E-state index in [0.717, 1.165) is 26.6 Å². The van der Waals surface area contributed by atoms with Crippen LogP contribution in [0.4, 0.5) is 0 Å². The quantitative estimate of drug-likeness (QED) is 0.848. The van der Waals surface area contributed by atoms with Gasteiger partial charge in [-0.1, -0.05) is 29.8 Å². The third-order valence-electron chi connectivity index (χ3n) is 2.77. The van der Waals surface area contributed by atoms with Crippen molar-refractivity contribution < 1.29 is 0 Å². The molecule has 2 rings (SSSR count). The average Bonchev–Trinajstić information content (AvgIpc) is 2.19. The van der Waals surface area contributed by atoms with Crippen LogP contribution in [0.5, 0.6) is 0 Å². The van der Waals surface area contributed by atoms with Crippen LogP contribution in [0.15, 0.2) is 27.5 Å². The van der Waals surface area contributed by atoms with E-state index >= 15 is 0 Å². The van der Waals surface area contributed by atoms with Gasteiger partial charge < -0.3 is 4.98 Å². The van der Waals surface area contributed by atoms with E-state index in [-0.39, 0.29) is 11.3 Å². The van der Waals surface area contributed by atoms with Crippen LogP contribution in [-0.2, 0) is 0 Å². The molecule has 3 heteroatoms. The standard InChI is InChI=1S/C13H14BrNO/c1-7(2)12-8(3)15-11-5-4-9(14)6-10(11)13(12)16/h4-7H,1-3H3,(H,15,16). The highest BCUT2D eigenvalue weighted by Gasteiger charge is 2.12. The molecule has 0 fully saturated rings. The minimum atomic E-state index is 0.141. The molecule has 0 aliphatic rings. The first-order chi connectivity index (χ1) is 7.50. The van der Waals surface area contributed by atoms with Crippen molar-refractivity contribution in [3.05, 3.63) is 44.2 Å². The molecule has 1 N–H and O–H groups in total. The number of pyridine rings is 1. The first kappa shape index (κ1) is 11.4. The molecule has 0 amide bonds. The molecule has 84 valence electrons. The van der Waals surface area contributed by atoms with Crippen LogP contribution >= 0.6 is 15.9 Å². The Morgan fingerprint density at radius 1 is 1.31 bits per heavy atom. The highest BCUT2D eigenvalue weighted by atomic mass is 79.9. The molecule has 0 radical (unpaired) electrons. The SMILES string of the molecule is Cc1[nH]c2ccc(Br)cc2c(=O)c1C(C)C. The summed E-state index contributed by atoms with van der Waals surface area (Å²) in [6, 6.07) is 5.74. The third kappa shape index (κ3) is 1.80. The summed E-state index contributed by atoms with van der Waals surface area (Å²) in [4.78, 5) is 15.6. The summed E-state index contributed by atoms with van der Waals surface area (Å²) in [5.41, 5.74) is 2.89. The van der Waals surface area contributed by atoms with Crippen molar-refractivity contribution in [2.45, 2.75) is 26.7 Å². The fourth-order valence-electron chi connectivity index (χ4n) is 2.09. The van der Waals surface area contributed by atoms with Crippen molar-refractivity contribution in [1.82, 2.24) is 4.98 Å². The van der Waals surface area contributed by atoms with Gasteiger partial charge in [-0.3, -0.25) is 4.79 Å². The molecule has 1 aromatic carbocycles. The molecular formula is C13H14BrNO. The monoisotopic (exact) mass is 279 g/mol. The zero-order valence-electron chi connectivity index (χ0n) is 9.60. The van der Waals surface area contributed by atoms with E-state index in [1.165, 1.54) is 0 Å². The second-order valence-corrected chi connectivity index (χ2v) is 5.25. The Kier molecular flexibility index (Phi) is 2.89. The predicted molar refractivity (Wildman–Crippen MR) is 71.1 cm³/mol. The normalized spacial score (nSPS) is 11.3. The van der Waals surface area contributed by atoms with Crippen LogP contribution in [0, 0.1) is 6.92 Å². The summed E-state index contributed by atoms with van der Waals surface area (Å²) in [7, 11) is 0. The van der Waals surface area contributed by atoms with Gasteiger partial charge in [0.2, 0.25) is 0 Å². The lowest BCUT2D eigenvalue weighted by Crippen LogP contribution is -2.14. The summed E-state index contributed by atoms with van der Waals surface area (Å²) in [5, 5.41) is 0.753. The zero-order chi connectivity index (χ0) is 11.9. The van der Waals surface area contributed by atoms with Crippen LogP contribution in [0.2, 0.25) is 0 Å². The molecule has 0 saturated heterocycles. The van der Waals surface area contributed by atoms with E-state index in [1.807, 2.05) is 39.0 Å². The first-order valence-corrected chi connectivity index (χ1v) is 6.12. The van der Waals surface area contributed by atoms with Crippen molar-refractivity contribution in [2.24, 2.45) is 0 Å². The number of hydrogen-bond acceptors (Lipinski definition) is 1. The minimum Gasteiger partial charge on any atom is -0.358 e. The molecule has 0 saturated carbocycles. The molecular weight excluding hydrogens is 266 g/mol. The smallest absolute Gasteiger partial charge is 0.193 e. The number of benzene rings is 1. The highest BCUT2D eigenvalue weighted by molar-refractivity contribution is 9.10. The van der Waals surface area contributed by atoms with Gasteiger partial charge in [0.15, 0.2) is 5.43 Å². The molecule has 0 spiro atoms. The molecule has 16 heavy (non-hydrogen) atoms. The fourth-order valence-corrected chi connectivity index (χ4v) is 2.45. The summed E-state index contributed by atoms with van der Waals surface area (Å²) < 4.78 is 0.934. The summed E-state index contributed by atoms with van der Waals surface area (Å²) in [6.45, 7) is 6.04. The number of nitrogens with one attached hydrogen (secondary N) is 1. The van der Waals surface area contributed by atoms with E-state index in [1.54, 1.807) is 0 Å². The zero-order valence-corrected chi connectivity index (χ0v) is 11.2. The van der Waals surface area contributed by atoms with Gasteiger partial charge in [0.05, 0.1) is 0 Å². The largest absolute Gasteiger partial charge is 0.358 e. The topological polar surface area (TPSA) is 32.9 Å². The third-order valence-corrected chi connectivity index (χ3v) is 3.27. The Bertz CT molecular complexity index is 599. The summed E-state index contributed by atoms with van der Waals surface area (Å²) in [5.74, 6) is 0.243. The van der Waals surface area contributed by atoms with Crippen LogP contribution < -0.4 is 5.43 Å². The van der Waals surface area contributed by atoms with Gasteiger partial charge in [0.25, 0.3) is 0 Å². The van der Waals surface area contributed by atoms with Gasteiger partial charge in [0.1, 0.15) is 0 Å². The number of aromatic amines is 1. The molecule has 2 nitrogen and oxygen atoms in total. The van der Waals surface area contributed by atoms with Crippen molar-refractivity contribution >= 4 is 26.8 Å². The van der Waals surface area contributed by atoms with Gasteiger partial charge in [0, 0.05) is 26.6 Å². The van der Waals surface area contributed by atoms with Crippen LogP contribution in [0.3, 0.4) is 0 Å². The number of aromatic nitrogens is 1. The molecule has 0 bridgehead atoms. The van der Waals surface area contributed by atoms with Crippen molar-refractivity contribution in [1.29, 1.82) is 0 Å². The average molecular weight is 280 g/mol. The van der Waals surface area contributed by atoms with Crippen LogP contribution in [0.1, 0.15) is 31.0 Å². The van der Waals surface area contributed by atoms with Crippen LogP contribution in [-0.4, -0.2) is 4.98 Å². The maximum Gasteiger partial charge on any atom is 0.193 e. The fraction of sp³-hybridized carbons (Fsp3) is 0.308. The number of H-pyrrole nitrogens is 1. The number of hydrogen-bond donors (Lipinski definition) is 1. The van der Waals surface area contributed by atoms with Crippen molar-refractivity contribution in [2.75, 3.05) is 0 Å². The second kappa shape index (κ2) is 4.06. The van der Waals surface area contributed by atoms with Crippen LogP contribution in [0.25, 0.3) is 10.9 Å². The number of aryl methyl sites for hydroxylation is 1. The molecule has 2 aromatic rings. The van der Waals surface area contributed by atoms with E-state index < -0.39 is 0 Å². The Morgan fingerprint density at radius 3 is 2.62 bits per heavy atom. The van der Waals surface area contributed by atoms with E-state index in [4.69, 9.17) is 0 Å². The molecule has 0 aliphatic heterocycles. The van der Waals surface area contributed by atoms with Crippen molar-refractivity contribution in [3.63, 3.8) is 0 Å². The van der Waals surface area contributed by atoms with Gasteiger partial charge in [-0.2, -0.15) is 0 Å². The van der Waals surface area contributed by atoms with Crippen molar-refractivity contribution in [3.8, 4) is 0 Å². The maximum atomic E-state index is 12.3. The Balaban J connectivity index is 2.91. The number of fused-ring (bicyclic) bond motifs is 1. The highest BCUT2D eigenvalue weighted by Crippen LogP contribution is 2.20. The van der Waals surface area contributed by atoms with E-state index in [2.05, 4.69) is 20.9 Å². The Hall–Kier alpha value is -1.09. The lowest BCUT2D eigenvalue weighted by atomic mass is 9.99. The van der Waals surface area contributed by atoms with Gasteiger partial charge in [-0.25, -0.2) is 0 Å². The Labute approximate surface area is 103 Å². The molecule has 0 unspecified atom stereocenters. The molecule has 1 heterocycles. The lowest BCUT2D eigenvalue weighted by molar-refractivity contribution is 0.839. The van der Waals surface area contributed by atoms with E-state index in [9.17, 15) is 4.79 Å². The Morgan fingerprint density at radius 2 is 2.00 bits per heavy atom. The number of rotatable bonds is 1. The van der Waals surface area contributed by atoms with Gasteiger partial charge in [-0.15, -0.1) is 0 Å². The van der Waals surface area contributed by atoms with E-state index in [0.29, 0.717) is 0 Å². The summed E-state index contributed by atoms with van der Waals surface area (Å²) >= 11 is 3.39. The maximum absolute atomic E-state index is 12.3. The van der Waals surface area contributed by atoms with Gasteiger partial charge >= 0.3 is 0 Å². The number of halogens is 1. The second-order valence-electron chi connectivity index (χ2n) is 4.34. The molecule has 0 aliphatic carbocycles. The lowest BCUT2D eigenvalue weighted by Gasteiger charge is -2.10. The first-order valence-electron chi connectivity index (χ1n) is 5.32. The minimum absolute atomic E-state index is 0.141.